The lowest BCUT2D eigenvalue weighted by Crippen LogP contribution is -2.37. The zero-order valence-corrected chi connectivity index (χ0v) is 19.0. The fourth-order valence-corrected chi connectivity index (χ4v) is 5.06. The molecule has 4 rings (SSSR count). The summed E-state index contributed by atoms with van der Waals surface area (Å²) >= 11 is 1.33. The smallest absolute Gasteiger partial charge is 0.266 e. The molecule has 162 valence electrons. The Kier molecular flexibility index (Phi) is 6.76. The van der Waals surface area contributed by atoms with Crippen LogP contribution in [0.1, 0.15) is 57.4 Å². The number of nitrogens with zero attached hydrogens (tertiary/aromatic N) is 2. The molecule has 2 aromatic carbocycles. The minimum Gasteiger partial charge on any atom is -0.353 e. The monoisotopic (exact) mass is 435 g/mol. The van der Waals surface area contributed by atoms with Crippen molar-refractivity contribution in [2.24, 2.45) is 0 Å². The molecule has 0 radical (unpaired) electrons. The molecule has 1 amide bonds. The Labute approximate surface area is 187 Å². The predicted molar refractivity (Wildman–Crippen MR) is 127 cm³/mol. The molecule has 0 unspecified atom stereocenters. The van der Waals surface area contributed by atoms with E-state index >= 15 is 0 Å². The largest absolute Gasteiger partial charge is 0.353 e. The average Bonchev–Trinajstić information content (AvgIpc) is 2.78. The first kappa shape index (κ1) is 21.6. The van der Waals surface area contributed by atoms with Crippen LogP contribution in [0.3, 0.4) is 0 Å². The maximum Gasteiger partial charge on any atom is 0.266 e. The Morgan fingerprint density at radius 1 is 1.10 bits per heavy atom. The van der Waals surface area contributed by atoms with Crippen molar-refractivity contribution >= 4 is 28.6 Å². The number of benzene rings is 2. The molecule has 1 fully saturated rings. The van der Waals surface area contributed by atoms with Gasteiger partial charge in [-0.1, -0.05) is 75.2 Å². The second-order valence-corrected chi connectivity index (χ2v) is 9.40. The van der Waals surface area contributed by atoms with Gasteiger partial charge >= 0.3 is 0 Å². The van der Waals surface area contributed by atoms with Crippen molar-refractivity contribution in [1.82, 2.24) is 14.9 Å². The lowest BCUT2D eigenvalue weighted by atomic mass is 9.95. The Bertz CT molecular complexity index is 1130. The molecule has 1 aliphatic rings. The van der Waals surface area contributed by atoms with Crippen molar-refractivity contribution in [2.75, 3.05) is 5.75 Å². The van der Waals surface area contributed by atoms with Gasteiger partial charge in [-0.25, -0.2) is 4.98 Å². The topological polar surface area (TPSA) is 64.0 Å². The Morgan fingerprint density at radius 3 is 2.58 bits per heavy atom. The average molecular weight is 436 g/mol. The minimum absolute atomic E-state index is 0.00278. The van der Waals surface area contributed by atoms with Crippen molar-refractivity contribution in [3.63, 3.8) is 0 Å². The van der Waals surface area contributed by atoms with E-state index in [1.807, 2.05) is 48.5 Å². The second-order valence-electron chi connectivity index (χ2n) is 8.46. The van der Waals surface area contributed by atoms with E-state index in [4.69, 9.17) is 4.98 Å². The van der Waals surface area contributed by atoms with Crippen molar-refractivity contribution in [1.29, 1.82) is 0 Å². The fourth-order valence-electron chi connectivity index (χ4n) is 4.25. The quantitative estimate of drug-likeness (QED) is 0.435. The number of carbonyl (C=O) groups excluding carboxylic acids is 1. The number of carbonyl (C=O) groups is 1. The molecular formula is C25H29N3O2S. The molecule has 5 nitrogen and oxygen atoms in total. The molecule has 0 spiro atoms. The van der Waals surface area contributed by atoms with Crippen LogP contribution < -0.4 is 10.9 Å². The number of thioether (sulfide) groups is 1. The second kappa shape index (κ2) is 9.69. The van der Waals surface area contributed by atoms with E-state index in [0.717, 1.165) is 24.1 Å². The van der Waals surface area contributed by atoms with Crippen LogP contribution in [-0.4, -0.2) is 27.3 Å². The highest BCUT2D eigenvalue weighted by Gasteiger charge is 2.19. The van der Waals surface area contributed by atoms with Crippen LogP contribution in [0.15, 0.2) is 58.5 Å². The van der Waals surface area contributed by atoms with E-state index in [2.05, 4.69) is 19.2 Å². The molecule has 1 aromatic heterocycles. The molecule has 0 atom stereocenters. The van der Waals surface area contributed by atoms with E-state index in [1.54, 1.807) is 4.57 Å². The van der Waals surface area contributed by atoms with E-state index < -0.39 is 0 Å². The molecule has 1 aliphatic carbocycles. The lowest BCUT2D eigenvalue weighted by molar-refractivity contribution is -0.119. The van der Waals surface area contributed by atoms with Gasteiger partial charge in [-0.15, -0.1) is 0 Å². The third-order valence-corrected chi connectivity index (χ3v) is 6.79. The van der Waals surface area contributed by atoms with E-state index in [1.165, 1.54) is 31.0 Å². The van der Waals surface area contributed by atoms with Crippen LogP contribution in [-0.2, 0) is 4.79 Å². The van der Waals surface area contributed by atoms with Gasteiger partial charge in [0.05, 0.1) is 22.3 Å². The highest BCUT2D eigenvalue weighted by atomic mass is 32.2. The maximum atomic E-state index is 13.5. The standard InChI is InChI=1S/C25H29N3O2S/c1-17(2)19-12-7-9-15-22(19)28-24(30)20-13-6-8-14-21(20)27-25(28)31-16-23(29)26-18-10-4-3-5-11-18/h6-9,12-15,17-18H,3-5,10-11,16H2,1-2H3,(H,26,29). The van der Waals surface area contributed by atoms with Gasteiger partial charge in [0.15, 0.2) is 5.16 Å². The molecule has 0 saturated heterocycles. The van der Waals surface area contributed by atoms with Gasteiger partial charge in [0.1, 0.15) is 0 Å². The third-order valence-electron chi connectivity index (χ3n) is 5.85. The number of para-hydroxylation sites is 2. The van der Waals surface area contributed by atoms with Crippen molar-refractivity contribution in [2.45, 2.75) is 63.1 Å². The number of nitrogens with one attached hydrogen (secondary N) is 1. The molecule has 1 heterocycles. The fraction of sp³-hybridized carbons (Fsp3) is 0.400. The van der Waals surface area contributed by atoms with Gasteiger partial charge < -0.3 is 5.32 Å². The summed E-state index contributed by atoms with van der Waals surface area (Å²) in [6.45, 7) is 4.23. The summed E-state index contributed by atoms with van der Waals surface area (Å²) in [6, 6.07) is 15.6. The Hall–Kier alpha value is -2.60. The van der Waals surface area contributed by atoms with Gasteiger partial charge in [-0.3, -0.25) is 14.2 Å². The van der Waals surface area contributed by atoms with Gasteiger partial charge in [0, 0.05) is 6.04 Å². The van der Waals surface area contributed by atoms with Crippen LogP contribution in [0, 0.1) is 0 Å². The summed E-state index contributed by atoms with van der Waals surface area (Å²) < 4.78 is 1.68. The molecular weight excluding hydrogens is 406 g/mol. The summed E-state index contributed by atoms with van der Waals surface area (Å²) in [5.74, 6) is 0.496. The number of aromatic nitrogens is 2. The number of fused-ring (bicyclic) bond motifs is 1. The van der Waals surface area contributed by atoms with Gasteiger partial charge in [-0.05, 0) is 42.5 Å². The first-order valence-corrected chi connectivity index (χ1v) is 12.1. The van der Waals surface area contributed by atoms with Gasteiger partial charge in [0.25, 0.3) is 5.56 Å². The Balaban J connectivity index is 1.70. The van der Waals surface area contributed by atoms with E-state index in [-0.39, 0.29) is 29.2 Å². The molecule has 3 aromatic rings. The molecule has 0 bridgehead atoms. The maximum absolute atomic E-state index is 13.5. The third kappa shape index (κ3) is 4.85. The number of amides is 1. The van der Waals surface area contributed by atoms with Crippen LogP contribution in [0.4, 0.5) is 0 Å². The summed E-state index contributed by atoms with van der Waals surface area (Å²) in [4.78, 5) is 30.9. The van der Waals surface area contributed by atoms with Crippen molar-refractivity contribution in [3.8, 4) is 5.69 Å². The summed E-state index contributed by atoms with van der Waals surface area (Å²) in [6.07, 6.45) is 5.71. The first-order valence-electron chi connectivity index (χ1n) is 11.1. The number of hydrogen-bond donors (Lipinski definition) is 1. The van der Waals surface area contributed by atoms with Crippen LogP contribution in [0.2, 0.25) is 0 Å². The summed E-state index contributed by atoms with van der Waals surface area (Å²) in [5, 5.41) is 4.29. The minimum atomic E-state index is -0.103. The number of hydrogen-bond acceptors (Lipinski definition) is 4. The molecule has 0 aliphatic heterocycles. The molecule has 1 N–H and O–H groups in total. The van der Waals surface area contributed by atoms with Crippen LogP contribution >= 0.6 is 11.8 Å². The van der Waals surface area contributed by atoms with E-state index in [0.29, 0.717) is 16.1 Å². The highest BCUT2D eigenvalue weighted by Crippen LogP contribution is 2.27. The number of rotatable bonds is 6. The Morgan fingerprint density at radius 2 is 1.81 bits per heavy atom. The van der Waals surface area contributed by atoms with Gasteiger partial charge in [0.2, 0.25) is 5.91 Å². The lowest BCUT2D eigenvalue weighted by Gasteiger charge is -2.23. The normalized spacial score (nSPS) is 14.8. The van der Waals surface area contributed by atoms with Crippen molar-refractivity contribution in [3.05, 3.63) is 64.4 Å². The van der Waals surface area contributed by atoms with Gasteiger partial charge in [-0.2, -0.15) is 0 Å². The van der Waals surface area contributed by atoms with Crippen molar-refractivity contribution < 1.29 is 4.79 Å². The van der Waals surface area contributed by atoms with Crippen LogP contribution in [0.5, 0.6) is 0 Å². The SMILES string of the molecule is CC(C)c1ccccc1-n1c(SCC(=O)NC2CCCCC2)nc2ccccc2c1=O. The molecule has 1 saturated carbocycles. The molecule has 6 heteroatoms. The predicted octanol–water partition coefficient (Wildman–Crippen LogP) is 5.05. The summed E-state index contributed by atoms with van der Waals surface area (Å²) in [7, 11) is 0. The summed E-state index contributed by atoms with van der Waals surface area (Å²) in [5.41, 5.74) is 2.46. The highest BCUT2D eigenvalue weighted by molar-refractivity contribution is 7.99. The molecule has 31 heavy (non-hydrogen) atoms. The van der Waals surface area contributed by atoms with E-state index in [9.17, 15) is 9.59 Å². The zero-order valence-electron chi connectivity index (χ0n) is 18.1. The van der Waals surface area contributed by atoms with Crippen LogP contribution in [0.25, 0.3) is 16.6 Å². The zero-order chi connectivity index (χ0) is 21.8. The first-order chi connectivity index (χ1) is 15.0.